The van der Waals surface area contributed by atoms with E-state index in [4.69, 9.17) is 42.1 Å². The molecule has 64 heavy (non-hydrogen) atoms. The highest BCUT2D eigenvalue weighted by Crippen LogP contribution is 2.43. The molecule has 0 saturated carbocycles. The second kappa shape index (κ2) is 19.6. The normalized spacial score (nSPS) is 16.7. The highest BCUT2D eigenvalue weighted by Gasteiger charge is 2.40. The Morgan fingerprint density at radius 2 is 1.47 bits per heavy atom. The van der Waals surface area contributed by atoms with Gasteiger partial charge in [-0.3, -0.25) is 14.5 Å². The second-order valence-electron chi connectivity index (χ2n) is 16.0. The number of hydrogen-bond acceptors (Lipinski definition) is 8. The van der Waals surface area contributed by atoms with E-state index in [0.29, 0.717) is 52.4 Å². The number of nitrogens with zero attached hydrogens (tertiary/aromatic N) is 2. The van der Waals surface area contributed by atoms with E-state index in [1.54, 1.807) is 31.2 Å². The zero-order chi connectivity index (χ0) is 44.9. The van der Waals surface area contributed by atoms with Gasteiger partial charge < -0.3 is 29.2 Å². The first kappa shape index (κ1) is 44.3. The van der Waals surface area contributed by atoms with Gasteiger partial charge in [-0.25, -0.2) is 4.79 Å². The Labute approximate surface area is 383 Å². The van der Waals surface area contributed by atoms with Crippen molar-refractivity contribution in [2.45, 2.75) is 63.6 Å². The molecule has 0 saturated heterocycles. The minimum absolute atomic E-state index is 0.112. The van der Waals surface area contributed by atoms with Crippen LogP contribution < -0.4 is 24.4 Å². The van der Waals surface area contributed by atoms with Crippen molar-refractivity contribution >= 4 is 46.7 Å². The first-order valence-electron chi connectivity index (χ1n) is 21.2. The maximum Gasteiger partial charge on any atom is 0.328 e. The van der Waals surface area contributed by atoms with Gasteiger partial charge in [-0.15, -0.1) is 0 Å². The van der Waals surface area contributed by atoms with Crippen LogP contribution in [0.4, 0.5) is 5.69 Å². The van der Waals surface area contributed by atoms with Crippen molar-refractivity contribution in [3.63, 3.8) is 0 Å². The van der Waals surface area contributed by atoms with E-state index in [1.165, 1.54) is 7.11 Å². The van der Waals surface area contributed by atoms with Gasteiger partial charge in [0.25, 0.3) is 5.91 Å². The Kier molecular flexibility index (Phi) is 13.6. The average molecular weight is 899 g/mol. The number of benzene rings is 6. The Balaban J connectivity index is 1.03. The van der Waals surface area contributed by atoms with Crippen LogP contribution in [0.25, 0.3) is 11.1 Å². The van der Waals surface area contributed by atoms with Gasteiger partial charge in [0.1, 0.15) is 29.9 Å². The molecule has 6 aromatic carbocycles. The summed E-state index contributed by atoms with van der Waals surface area (Å²) in [6.45, 7) is 2.84. The molecule has 0 bridgehead atoms. The van der Waals surface area contributed by atoms with Gasteiger partial charge in [0.05, 0.1) is 36.0 Å². The third-order valence-corrected chi connectivity index (χ3v) is 12.8. The fourth-order valence-electron chi connectivity index (χ4n) is 8.56. The van der Waals surface area contributed by atoms with Crippen LogP contribution in [0, 0.1) is 0 Å². The Hall–Kier alpha value is -6.33. The molecule has 0 spiro atoms. The van der Waals surface area contributed by atoms with Crippen LogP contribution in [0.1, 0.15) is 58.9 Å². The average Bonchev–Trinajstić information content (AvgIpc) is 3.33. The lowest BCUT2D eigenvalue weighted by atomic mass is 9.88. The number of fused-ring (bicyclic) bond motifs is 2. The number of amides is 2. The summed E-state index contributed by atoms with van der Waals surface area (Å²) in [5, 5.41) is 4.02. The van der Waals surface area contributed by atoms with Gasteiger partial charge in [0, 0.05) is 31.6 Å². The Morgan fingerprint density at radius 3 is 2.12 bits per heavy atom. The molecule has 0 fully saturated rings. The first-order valence-corrected chi connectivity index (χ1v) is 22.0. The molecular weight excluding hydrogens is 849 g/mol. The van der Waals surface area contributed by atoms with Gasteiger partial charge in [-0.1, -0.05) is 115 Å². The number of ether oxygens (including phenoxy) is 4. The van der Waals surface area contributed by atoms with E-state index >= 15 is 0 Å². The predicted molar refractivity (Wildman–Crippen MR) is 249 cm³/mol. The molecule has 6 aromatic rings. The van der Waals surface area contributed by atoms with Crippen LogP contribution in [0.15, 0.2) is 133 Å². The minimum atomic E-state index is -0.926. The SMILES string of the molecule is CC[C@@H](c1ccccc1)N1Cc2cc3c(cc2C[C@H]1C(=O)NC(Cc1ccc(-c2ccc(OC)cc2)cc1)C(=O)OC)N(C)C(=O)[C@H](c1ccc(OCc2ccc(Cl)c(Cl)c2)cc1)O3. The Morgan fingerprint density at radius 1 is 0.797 bits per heavy atom. The molecule has 2 aliphatic heterocycles. The van der Waals surface area contributed by atoms with Crippen molar-refractivity contribution in [3.05, 3.63) is 177 Å². The molecular formula is C52H49Cl2N3O7. The highest BCUT2D eigenvalue weighted by molar-refractivity contribution is 6.42. The zero-order valence-electron chi connectivity index (χ0n) is 36.1. The van der Waals surface area contributed by atoms with Crippen LogP contribution >= 0.6 is 23.2 Å². The molecule has 2 aliphatic rings. The van der Waals surface area contributed by atoms with Crippen LogP contribution in [0.3, 0.4) is 0 Å². The standard InChI is InChI=1S/C52H49Cl2N3O7/c1-5-45(36-9-7-6-8-10-36)57-30-39-29-48-46(56(2)51(59)49(64-48)37-18-22-41(23-19-37)63-31-33-13-24-42(53)43(54)25-33)27-38(39)28-47(57)50(58)55-44(52(60)62-4)26-32-11-14-34(15-12-32)35-16-20-40(61-3)21-17-35/h6-25,27,29,44-45,47,49H,5,26,28,30-31H2,1-4H3,(H,55,58)/t44?,45-,47-,49-/m0/s1. The summed E-state index contributed by atoms with van der Waals surface area (Å²) in [7, 11) is 4.71. The number of carbonyl (C=O) groups is 3. The van der Waals surface area contributed by atoms with Crippen LogP contribution in [-0.4, -0.2) is 56.0 Å². The van der Waals surface area contributed by atoms with Crippen LogP contribution in [-0.2, 0) is 45.1 Å². The molecule has 4 atom stereocenters. The summed E-state index contributed by atoms with van der Waals surface area (Å²) in [5.74, 6) is 0.937. The van der Waals surface area contributed by atoms with Gasteiger partial charge in [-0.2, -0.15) is 0 Å². The molecule has 0 aromatic heterocycles. The van der Waals surface area contributed by atoms with E-state index < -0.39 is 24.2 Å². The fourth-order valence-corrected chi connectivity index (χ4v) is 8.88. The van der Waals surface area contributed by atoms with Crippen molar-refractivity contribution in [1.82, 2.24) is 10.2 Å². The van der Waals surface area contributed by atoms with Gasteiger partial charge in [0.2, 0.25) is 12.0 Å². The molecule has 1 N–H and O–H groups in total. The van der Waals surface area contributed by atoms with Crippen molar-refractivity contribution in [3.8, 4) is 28.4 Å². The molecule has 2 amide bonds. The van der Waals surface area contributed by atoms with Gasteiger partial charge >= 0.3 is 5.97 Å². The third kappa shape index (κ3) is 9.60. The summed E-state index contributed by atoms with van der Waals surface area (Å²) in [5.41, 5.74) is 8.09. The quantitative estimate of drug-likeness (QED) is 0.108. The number of nitrogens with one attached hydrogen (secondary N) is 1. The molecule has 1 unspecified atom stereocenters. The lowest BCUT2D eigenvalue weighted by molar-refractivity contribution is -0.146. The topological polar surface area (TPSA) is 107 Å². The van der Waals surface area contributed by atoms with E-state index in [9.17, 15) is 14.4 Å². The van der Waals surface area contributed by atoms with Crippen molar-refractivity contribution in [2.75, 3.05) is 26.2 Å². The summed E-state index contributed by atoms with van der Waals surface area (Å²) >= 11 is 12.2. The number of methoxy groups -OCH3 is 2. The lowest BCUT2D eigenvalue weighted by Crippen LogP contribution is -2.55. The van der Waals surface area contributed by atoms with E-state index in [0.717, 1.165) is 51.1 Å². The number of hydrogen-bond donors (Lipinski definition) is 1. The monoisotopic (exact) mass is 897 g/mol. The summed E-state index contributed by atoms with van der Waals surface area (Å²) in [4.78, 5) is 45.7. The van der Waals surface area contributed by atoms with Gasteiger partial charge in [-0.05, 0) is 100 Å². The number of halogens is 2. The maximum atomic E-state index is 14.7. The van der Waals surface area contributed by atoms with E-state index in [2.05, 4.69) is 29.3 Å². The smallest absolute Gasteiger partial charge is 0.328 e. The molecule has 328 valence electrons. The van der Waals surface area contributed by atoms with Crippen LogP contribution in [0.5, 0.6) is 17.2 Å². The zero-order valence-corrected chi connectivity index (χ0v) is 37.6. The summed E-state index contributed by atoms with van der Waals surface area (Å²) in [6.07, 6.45) is 0.447. The lowest BCUT2D eigenvalue weighted by Gasteiger charge is -2.42. The van der Waals surface area contributed by atoms with Crippen molar-refractivity contribution < 1.29 is 33.3 Å². The van der Waals surface area contributed by atoms with Gasteiger partial charge in [0.15, 0.2) is 0 Å². The van der Waals surface area contributed by atoms with E-state index in [-0.39, 0.29) is 24.3 Å². The van der Waals surface area contributed by atoms with E-state index in [1.807, 2.05) is 109 Å². The number of likely N-dealkylation sites (N-methyl/N-ethyl adjacent to an activating group) is 1. The largest absolute Gasteiger partial charge is 0.497 e. The first-order chi connectivity index (χ1) is 31.0. The summed E-state index contributed by atoms with van der Waals surface area (Å²) in [6, 6.07) is 40.8. The molecule has 0 aliphatic carbocycles. The number of esters is 1. The number of anilines is 1. The molecule has 12 heteroatoms. The fraction of sp³-hybridized carbons (Fsp3) is 0.250. The molecule has 8 rings (SSSR count). The highest BCUT2D eigenvalue weighted by atomic mass is 35.5. The number of rotatable bonds is 14. The number of carbonyl (C=O) groups excluding carboxylic acids is 3. The van der Waals surface area contributed by atoms with Crippen LogP contribution in [0.2, 0.25) is 10.0 Å². The molecule has 10 nitrogen and oxygen atoms in total. The van der Waals surface area contributed by atoms with Crippen molar-refractivity contribution in [1.29, 1.82) is 0 Å². The summed E-state index contributed by atoms with van der Waals surface area (Å²) < 4.78 is 23.0. The third-order valence-electron chi connectivity index (χ3n) is 12.1. The minimum Gasteiger partial charge on any atom is -0.497 e. The second-order valence-corrected chi connectivity index (χ2v) is 16.8. The molecule has 2 heterocycles. The predicted octanol–water partition coefficient (Wildman–Crippen LogP) is 10.1. The molecule has 0 radical (unpaired) electrons. The Bertz CT molecular complexity index is 2620. The maximum absolute atomic E-state index is 14.7. The van der Waals surface area contributed by atoms with Crippen molar-refractivity contribution in [2.24, 2.45) is 0 Å².